The number of furan rings is 1. The summed E-state index contributed by atoms with van der Waals surface area (Å²) in [6, 6.07) is 7.81. The molecule has 0 bridgehead atoms. The predicted molar refractivity (Wildman–Crippen MR) is 68.7 cm³/mol. The molecule has 0 aliphatic rings. The van der Waals surface area contributed by atoms with Gasteiger partial charge in [0.1, 0.15) is 5.76 Å². The van der Waals surface area contributed by atoms with Crippen molar-refractivity contribution in [3.63, 3.8) is 0 Å². The van der Waals surface area contributed by atoms with Gasteiger partial charge in [0, 0.05) is 17.9 Å². The number of rotatable bonds is 4. The average molecular weight is 231 g/mol. The van der Waals surface area contributed by atoms with Gasteiger partial charge < -0.3 is 15.3 Å². The number of aliphatic hydroxyl groups is 1. The molecule has 3 heteroatoms. The molecular weight excluding hydrogens is 214 g/mol. The minimum Gasteiger partial charge on any atom is -0.464 e. The molecule has 0 fully saturated rings. The Balaban J connectivity index is 2.41. The summed E-state index contributed by atoms with van der Waals surface area (Å²) in [5.41, 5.74) is 9.79. The summed E-state index contributed by atoms with van der Waals surface area (Å²) in [6.07, 6.45) is 3.27. The molecule has 0 atom stereocenters. The Hall–Kier alpha value is -1.74. The zero-order valence-corrected chi connectivity index (χ0v) is 9.94. The zero-order valence-electron chi connectivity index (χ0n) is 9.94. The quantitative estimate of drug-likeness (QED) is 0.795. The molecule has 1 aromatic heterocycles. The number of nitrogen functional groups attached to an aromatic ring is 1. The Bertz CT molecular complexity index is 503. The van der Waals surface area contributed by atoms with Crippen LogP contribution < -0.4 is 5.73 Å². The van der Waals surface area contributed by atoms with Crippen LogP contribution >= 0.6 is 0 Å². The van der Waals surface area contributed by atoms with Gasteiger partial charge in [-0.3, -0.25) is 0 Å². The van der Waals surface area contributed by atoms with Gasteiger partial charge in [-0.2, -0.15) is 0 Å². The molecule has 2 aromatic rings. The summed E-state index contributed by atoms with van der Waals surface area (Å²) in [7, 11) is 0. The van der Waals surface area contributed by atoms with Crippen LogP contribution in [-0.4, -0.2) is 11.7 Å². The fourth-order valence-corrected chi connectivity index (χ4v) is 1.87. The first-order chi connectivity index (χ1) is 8.26. The third-order valence-electron chi connectivity index (χ3n) is 2.91. The van der Waals surface area contributed by atoms with E-state index in [9.17, 15) is 0 Å². The van der Waals surface area contributed by atoms with Crippen molar-refractivity contribution >= 4 is 5.69 Å². The highest BCUT2D eigenvalue weighted by Gasteiger charge is 2.10. The summed E-state index contributed by atoms with van der Waals surface area (Å²) < 4.78 is 5.51. The molecule has 1 aromatic carbocycles. The lowest BCUT2D eigenvalue weighted by atomic mass is 10.0. The van der Waals surface area contributed by atoms with Crippen LogP contribution in [0.2, 0.25) is 0 Å². The predicted octanol–water partition coefficient (Wildman–Crippen LogP) is 2.63. The number of benzene rings is 1. The topological polar surface area (TPSA) is 59.4 Å². The minimum atomic E-state index is 0.103. The van der Waals surface area contributed by atoms with Crippen molar-refractivity contribution in [2.45, 2.75) is 19.8 Å². The number of aliphatic hydroxyl groups excluding tert-OH is 1. The molecule has 1 heterocycles. The average Bonchev–Trinajstić information content (AvgIpc) is 2.80. The van der Waals surface area contributed by atoms with E-state index in [1.807, 2.05) is 24.3 Å². The van der Waals surface area contributed by atoms with Gasteiger partial charge in [-0.25, -0.2) is 0 Å². The van der Waals surface area contributed by atoms with Crippen molar-refractivity contribution in [1.29, 1.82) is 0 Å². The number of hydrogen-bond acceptors (Lipinski definition) is 3. The molecule has 0 radical (unpaired) electrons. The van der Waals surface area contributed by atoms with Gasteiger partial charge in [0.15, 0.2) is 0 Å². The van der Waals surface area contributed by atoms with E-state index in [0.29, 0.717) is 12.1 Å². The van der Waals surface area contributed by atoms with Crippen molar-refractivity contribution in [3.05, 3.63) is 41.7 Å². The molecule has 0 unspecified atom stereocenters. The van der Waals surface area contributed by atoms with Gasteiger partial charge in [-0.05, 0) is 36.1 Å². The second kappa shape index (κ2) is 5.06. The van der Waals surface area contributed by atoms with E-state index in [2.05, 4.69) is 6.92 Å². The standard InChI is InChI=1S/C14H17NO2/c1-2-10-8-13(17-9-10)12-5-3-4-11(6-7-16)14(12)15/h3-5,8-9,16H,2,6-7,15H2,1H3. The first-order valence-corrected chi connectivity index (χ1v) is 5.82. The van der Waals surface area contributed by atoms with Gasteiger partial charge in [-0.1, -0.05) is 19.1 Å². The lowest BCUT2D eigenvalue weighted by molar-refractivity contribution is 0.300. The number of anilines is 1. The molecular formula is C14H17NO2. The molecule has 0 amide bonds. The van der Waals surface area contributed by atoms with Crippen LogP contribution in [0.15, 0.2) is 34.9 Å². The Labute approximate surface area is 101 Å². The maximum Gasteiger partial charge on any atom is 0.136 e. The van der Waals surface area contributed by atoms with Crippen molar-refractivity contribution in [2.75, 3.05) is 12.3 Å². The lowest BCUT2D eigenvalue weighted by Gasteiger charge is -2.07. The summed E-state index contributed by atoms with van der Waals surface area (Å²) in [5, 5.41) is 8.97. The van der Waals surface area contributed by atoms with Crippen molar-refractivity contribution in [3.8, 4) is 11.3 Å². The van der Waals surface area contributed by atoms with E-state index in [1.54, 1.807) is 6.26 Å². The number of para-hydroxylation sites is 1. The van der Waals surface area contributed by atoms with E-state index < -0.39 is 0 Å². The normalized spacial score (nSPS) is 10.7. The van der Waals surface area contributed by atoms with E-state index >= 15 is 0 Å². The van der Waals surface area contributed by atoms with Crippen LogP contribution in [0.4, 0.5) is 5.69 Å². The van der Waals surface area contributed by atoms with Crippen LogP contribution in [-0.2, 0) is 12.8 Å². The van der Waals surface area contributed by atoms with Crippen LogP contribution in [0.3, 0.4) is 0 Å². The largest absolute Gasteiger partial charge is 0.464 e. The summed E-state index contributed by atoms with van der Waals surface area (Å²) >= 11 is 0. The van der Waals surface area contributed by atoms with Crippen LogP contribution in [0.1, 0.15) is 18.1 Å². The smallest absolute Gasteiger partial charge is 0.136 e. The third-order valence-corrected chi connectivity index (χ3v) is 2.91. The number of aryl methyl sites for hydroxylation is 1. The highest BCUT2D eigenvalue weighted by atomic mass is 16.3. The SMILES string of the molecule is CCc1coc(-c2cccc(CCO)c2N)c1. The number of hydrogen-bond donors (Lipinski definition) is 2. The first-order valence-electron chi connectivity index (χ1n) is 5.82. The van der Waals surface area contributed by atoms with E-state index in [1.165, 1.54) is 0 Å². The monoisotopic (exact) mass is 231 g/mol. The first kappa shape index (κ1) is 11.7. The van der Waals surface area contributed by atoms with Crippen LogP contribution in [0.25, 0.3) is 11.3 Å². The molecule has 0 spiro atoms. The molecule has 0 aliphatic heterocycles. The molecule has 0 saturated carbocycles. The van der Waals surface area contributed by atoms with E-state index in [0.717, 1.165) is 28.9 Å². The van der Waals surface area contributed by atoms with Crippen molar-refractivity contribution in [2.24, 2.45) is 0 Å². The molecule has 0 aliphatic carbocycles. The fraction of sp³-hybridized carbons (Fsp3) is 0.286. The highest BCUT2D eigenvalue weighted by Crippen LogP contribution is 2.30. The second-order valence-electron chi connectivity index (χ2n) is 4.02. The van der Waals surface area contributed by atoms with Gasteiger partial charge >= 0.3 is 0 Å². The fourth-order valence-electron chi connectivity index (χ4n) is 1.87. The maximum atomic E-state index is 8.97. The molecule has 3 nitrogen and oxygen atoms in total. The lowest BCUT2D eigenvalue weighted by Crippen LogP contribution is -1.99. The highest BCUT2D eigenvalue weighted by molar-refractivity contribution is 5.75. The molecule has 17 heavy (non-hydrogen) atoms. The van der Waals surface area contributed by atoms with Crippen molar-refractivity contribution < 1.29 is 9.52 Å². The summed E-state index contributed by atoms with van der Waals surface area (Å²) in [4.78, 5) is 0. The second-order valence-corrected chi connectivity index (χ2v) is 4.02. The molecule has 90 valence electrons. The zero-order chi connectivity index (χ0) is 12.3. The molecule has 2 rings (SSSR count). The molecule has 3 N–H and O–H groups in total. The van der Waals surface area contributed by atoms with Crippen LogP contribution in [0, 0.1) is 0 Å². The Morgan fingerprint density at radius 3 is 2.82 bits per heavy atom. The summed E-state index contributed by atoms with van der Waals surface area (Å²) in [5.74, 6) is 0.791. The Morgan fingerprint density at radius 1 is 1.35 bits per heavy atom. The van der Waals surface area contributed by atoms with Gasteiger partial charge in [0.25, 0.3) is 0 Å². The number of nitrogens with two attached hydrogens (primary N) is 1. The maximum absolute atomic E-state index is 8.97. The van der Waals surface area contributed by atoms with Gasteiger partial charge in [-0.15, -0.1) is 0 Å². The third kappa shape index (κ3) is 2.34. The Kier molecular flexibility index (Phi) is 3.49. The van der Waals surface area contributed by atoms with Crippen LogP contribution in [0.5, 0.6) is 0 Å². The van der Waals surface area contributed by atoms with E-state index in [4.69, 9.17) is 15.3 Å². The Morgan fingerprint density at radius 2 is 2.18 bits per heavy atom. The minimum absolute atomic E-state index is 0.103. The van der Waals surface area contributed by atoms with Gasteiger partial charge in [0.05, 0.1) is 6.26 Å². The van der Waals surface area contributed by atoms with Crippen molar-refractivity contribution in [1.82, 2.24) is 0 Å². The summed E-state index contributed by atoms with van der Waals surface area (Å²) in [6.45, 7) is 2.19. The van der Waals surface area contributed by atoms with E-state index in [-0.39, 0.29) is 6.61 Å². The molecule has 0 saturated heterocycles. The van der Waals surface area contributed by atoms with Gasteiger partial charge in [0.2, 0.25) is 0 Å².